The maximum Gasteiger partial charge on any atom is 0.251 e. The van der Waals surface area contributed by atoms with Crippen LogP contribution in [0.25, 0.3) is 0 Å². The zero-order chi connectivity index (χ0) is 21.9. The Morgan fingerprint density at radius 3 is 2.27 bits per heavy atom. The Balaban J connectivity index is 1.75. The van der Waals surface area contributed by atoms with Gasteiger partial charge < -0.3 is 10.2 Å². The Kier molecular flexibility index (Phi) is 7.18. The summed E-state index contributed by atoms with van der Waals surface area (Å²) >= 11 is 0. The van der Waals surface area contributed by atoms with Gasteiger partial charge in [0.15, 0.2) is 0 Å². The predicted octanol–water partition coefficient (Wildman–Crippen LogP) is 2.17. The fourth-order valence-electron chi connectivity index (χ4n) is 4.29. The van der Waals surface area contributed by atoms with Crippen LogP contribution < -0.4 is 5.32 Å². The number of benzene rings is 1. The molecule has 1 aromatic rings. The molecule has 8 heteroatoms. The third kappa shape index (κ3) is 5.03. The van der Waals surface area contributed by atoms with Gasteiger partial charge >= 0.3 is 0 Å². The van der Waals surface area contributed by atoms with E-state index >= 15 is 0 Å². The van der Waals surface area contributed by atoms with E-state index in [1.165, 1.54) is 4.31 Å². The number of likely N-dealkylation sites (tertiary alicyclic amines) is 1. The predicted molar refractivity (Wildman–Crippen MR) is 117 cm³/mol. The van der Waals surface area contributed by atoms with E-state index in [9.17, 15) is 18.0 Å². The second-order valence-electron chi connectivity index (χ2n) is 8.68. The maximum atomic E-state index is 13.2. The lowest BCUT2D eigenvalue weighted by Gasteiger charge is -2.37. The first-order valence-corrected chi connectivity index (χ1v) is 12.4. The second kappa shape index (κ2) is 9.47. The smallest absolute Gasteiger partial charge is 0.251 e. The summed E-state index contributed by atoms with van der Waals surface area (Å²) in [7, 11) is -3.31. The minimum Gasteiger partial charge on any atom is -0.341 e. The Morgan fingerprint density at radius 2 is 1.70 bits per heavy atom. The summed E-state index contributed by atoms with van der Waals surface area (Å²) in [4.78, 5) is 28.0. The highest BCUT2D eigenvalue weighted by Gasteiger charge is 2.38. The van der Waals surface area contributed by atoms with Gasteiger partial charge in [-0.25, -0.2) is 12.7 Å². The van der Waals surface area contributed by atoms with Crippen LogP contribution in [0.1, 0.15) is 55.5 Å². The molecule has 2 aliphatic rings. The van der Waals surface area contributed by atoms with E-state index in [4.69, 9.17) is 0 Å². The molecule has 2 saturated heterocycles. The summed E-state index contributed by atoms with van der Waals surface area (Å²) in [5.41, 5.74) is 1.52. The molecule has 0 aromatic heterocycles. The van der Waals surface area contributed by atoms with Crippen molar-refractivity contribution in [2.24, 2.45) is 5.92 Å². The molecule has 0 unspecified atom stereocenters. The van der Waals surface area contributed by atoms with Crippen molar-refractivity contribution < 1.29 is 18.0 Å². The number of aryl methyl sites for hydroxylation is 1. The number of hydrogen-bond acceptors (Lipinski definition) is 4. The molecule has 2 aliphatic heterocycles. The third-order valence-corrected chi connectivity index (χ3v) is 8.45. The van der Waals surface area contributed by atoms with E-state index in [-0.39, 0.29) is 17.7 Å². The first-order valence-electron chi connectivity index (χ1n) is 10.9. The van der Waals surface area contributed by atoms with Gasteiger partial charge in [-0.1, -0.05) is 17.7 Å². The molecular formula is C22H33N3O4S. The van der Waals surface area contributed by atoms with Crippen molar-refractivity contribution in [2.45, 2.75) is 57.7 Å². The number of carbonyl (C=O) groups is 2. The van der Waals surface area contributed by atoms with Gasteiger partial charge in [-0.3, -0.25) is 9.59 Å². The van der Waals surface area contributed by atoms with Crippen molar-refractivity contribution in [1.29, 1.82) is 0 Å². The SMILES string of the molecule is Cc1cccc(C(=O)N[C@@H](C(=O)N2CCCC2)C2CCN(S(=O)(=O)C(C)C)CC2)c1. The van der Waals surface area contributed by atoms with E-state index < -0.39 is 21.3 Å². The summed E-state index contributed by atoms with van der Waals surface area (Å²) in [5, 5.41) is 2.52. The molecule has 0 saturated carbocycles. The molecule has 0 bridgehead atoms. The molecule has 0 aliphatic carbocycles. The standard InChI is InChI=1S/C22H33N3O4S/c1-16(2)30(28,29)25-13-9-18(10-14-25)20(22(27)24-11-4-5-12-24)23-21(26)19-8-6-7-17(3)15-19/h6-8,15-16,18,20H,4-5,9-14H2,1-3H3,(H,23,26)/t20-/m1/s1. The zero-order valence-corrected chi connectivity index (χ0v) is 19.0. The van der Waals surface area contributed by atoms with E-state index in [2.05, 4.69) is 5.32 Å². The Bertz CT molecular complexity index is 870. The molecule has 1 aromatic carbocycles. The van der Waals surface area contributed by atoms with Crippen molar-refractivity contribution >= 4 is 21.8 Å². The van der Waals surface area contributed by atoms with E-state index in [0.29, 0.717) is 31.5 Å². The highest BCUT2D eigenvalue weighted by molar-refractivity contribution is 7.89. The Morgan fingerprint density at radius 1 is 1.07 bits per heavy atom. The van der Waals surface area contributed by atoms with Crippen LogP contribution in [0, 0.1) is 12.8 Å². The van der Waals surface area contributed by atoms with Crippen molar-refractivity contribution in [3.63, 3.8) is 0 Å². The van der Waals surface area contributed by atoms with Gasteiger partial charge in [0.25, 0.3) is 5.91 Å². The Hall–Kier alpha value is -1.93. The topological polar surface area (TPSA) is 86.8 Å². The van der Waals surface area contributed by atoms with E-state index in [0.717, 1.165) is 31.5 Å². The molecular weight excluding hydrogens is 402 g/mol. The molecule has 30 heavy (non-hydrogen) atoms. The number of nitrogens with one attached hydrogen (secondary N) is 1. The van der Waals surface area contributed by atoms with E-state index in [1.54, 1.807) is 19.9 Å². The average Bonchev–Trinajstić information content (AvgIpc) is 3.26. The maximum absolute atomic E-state index is 13.2. The largest absolute Gasteiger partial charge is 0.341 e. The quantitative estimate of drug-likeness (QED) is 0.742. The minimum atomic E-state index is -3.31. The van der Waals surface area contributed by atoms with Gasteiger partial charge in [0.05, 0.1) is 5.25 Å². The minimum absolute atomic E-state index is 0.0429. The number of nitrogens with zero attached hydrogens (tertiary/aromatic N) is 2. The summed E-state index contributed by atoms with van der Waals surface area (Å²) < 4.78 is 26.5. The first-order chi connectivity index (χ1) is 14.2. The lowest BCUT2D eigenvalue weighted by atomic mass is 9.89. The van der Waals surface area contributed by atoms with Crippen molar-refractivity contribution in [3.8, 4) is 0 Å². The molecule has 0 radical (unpaired) electrons. The normalized spacial score (nSPS) is 19.8. The van der Waals surface area contributed by atoms with Gasteiger partial charge in [0.2, 0.25) is 15.9 Å². The molecule has 2 fully saturated rings. The van der Waals surface area contributed by atoms with Crippen LogP contribution in [0.3, 0.4) is 0 Å². The van der Waals surface area contributed by atoms with Crippen LogP contribution >= 0.6 is 0 Å². The number of carbonyl (C=O) groups excluding carboxylic acids is 2. The number of rotatable bonds is 6. The second-order valence-corrected chi connectivity index (χ2v) is 11.2. The van der Waals surface area contributed by atoms with Crippen LogP contribution in [0.15, 0.2) is 24.3 Å². The first kappa shape index (κ1) is 22.7. The van der Waals surface area contributed by atoms with Gasteiger partial charge in [-0.2, -0.15) is 0 Å². The van der Waals surface area contributed by atoms with E-state index in [1.807, 2.05) is 30.0 Å². The Labute approximate surface area is 179 Å². The van der Waals surface area contributed by atoms with Crippen LogP contribution in [0.5, 0.6) is 0 Å². The van der Waals surface area contributed by atoms with Gasteiger partial charge in [-0.15, -0.1) is 0 Å². The highest BCUT2D eigenvalue weighted by Crippen LogP contribution is 2.26. The van der Waals surface area contributed by atoms with Crippen molar-refractivity contribution in [2.75, 3.05) is 26.2 Å². The summed E-state index contributed by atoms with van der Waals surface area (Å²) in [6.45, 7) is 7.50. The molecule has 2 heterocycles. The molecule has 1 atom stereocenters. The molecule has 2 amide bonds. The lowest BCUT2D eigenvalue weighted by Crippen LogP contribution is -2.54. The van der Waals surface area contributed by atoms with Crippen LogP contribution in [0.2, 0.25) is 0 Å². The summed E-state index contributed by atoms with van der Waals surface area (Å²) in [5.74, 6) is -0.377. The molecule has 166 valence electrons. The number of hydrogen-bond donors (Lipinski definition) is 1. The van der Waals surface area contributed by atoms with Crippen LogP contribution in [-0.4, -0.2) is 66.9 Å². The molecule has 7 nitrogen and oxygen atoms in total. The molecule has 0 spiro atoms. The number of piperidine rings is 1. The molecule has 3 rings (SSSR count). The monoisotopic (exact) mass is 435 g/mol. The number of sulfonamides is 1. The van der Waals surface area contributed by atoms with Gasteiger partial charge in [0, 0.05) is 31.7 Å². The van der Waals surface area contributed by atoms with Gasteiger partial charge in [-0.05, 0) is 64.5 Å². The fraction of sp³-hybridized carbons (Fsp3) is 0.636. The fourth-order valence-corrected chi connectivity index (χ4v) is 5.60. The van der Waals surface area contributed by atoms with Crippen molar-refractivity contribution in [1.82, 2.24) is 14.5 Å². The third-order valence-electron chi connectivity index (χ3n) is 6.18. The van der Waals surface area contributed by atoms with Crippen LogP contribution in [-0.2, 0) is 14.8 Å². The zero-order valence-electron chi connectivity index (χ0n) is 18.1. The average molecular weight is 436 g/mol. The highest BCUT2D eigenvalue weighted by atomic mass is 32.2. The summed E-state index contributed by atoms with van der Waals surface area (Å²) in [6.07, 6.45) is 3.08. The van der Waals surface area contributed by atoms with Crippen molar-refractivity contribution in [3.05, 3.63) is 35.4 Å². The summed E-state index contributed by atoms with van der Waals surface area (Å²) in [6, 6.07) is 6.69. The molecule has 1 N–H and O–H groups in total. The van der Waals surface area contributed by atoms with Crippen LogP contribution in [0.4, 0.5) is 0 Å². The number of amides is 2. The lowest BCUT2D eigenvalue weighted by molar-refractivity contribution is -0.133. The van der Waals surface area contributed by atoms with Gasteiger partial charge in [0.1, 0.15) is 6.04 Å².